The summed E-state index contributed by atoms with van der Waals surface area (Å²) in [5.74, 6) is -0.291. The fraction of sp³-hybridized carbons (Fsp3) is 0.688. The summed E-state index contributed by atoms with van der Waals surface area (Å²) in [4.78, 5) is 29.0. The number of thiazole rings is 1. The van der Waals surface area contributed by atoms with E-state index in [0.29, 0.717) is 22.1 Å². The Kier molecular flexibility index (Phi) is 5.41. The summed E-state index contributed by atoms with van der Waals surface area (Å²) in [6.45, 7) is 5.91. The summed E-state index contributed by atoms with van der Waals surface area (Å²) < 4.78 is 4.81. The van der Waals surface area contributed by atoms with E-state index in [1.165, 1.54) is 7.11 Å². The monoisotopic (exact) mass is 339 g/mol. The molecule has 1 aliphatic carbocycles. The molecule has 1 heterocycles. The van der Waals surface area contributed by atoms with Crippen LogP contribution < -0.4 is 11.1 Å². The minimum atomic E-state index is -0.425. The molecule has 0 spiro atoms. The highest BCUT2D eigenvalue weighted by Crippen LogP contribution is 2.33. The second kappa shape index (κ2) is 6.97. The molecule has 1 saturated carbocycles. The van der Waals surface area contributed by atoms with Gasteiger partial charge in [0, 0.05) is 17.9 Å². The number of ether oxygens (including phenoxy) is 1. The number of carbonyl (C=O) groups is 2. The Hall–Kier alpha value is -1.47. The molecular formula is C16H25N3O3S. The maximum atomic E-state index is 12.2. The maximum Gasteiger partial charge on any atom is 0.350 e. The third-order valence-electron chi connectivity index (χ3n) is 4.12. The van der Waals surface area contributed by atoms with E-state index in [-0.39, 0.29) is 23.3 Å². The van der Waals surface area contributed by atoms with Crippen LogP contribution in [0.15, 0.2) is 0 Å². The van der Waals surface area contributed by atoms with Gasteiger partial charge in [-0.25, -0.2) is 9.78 Å². The van der Waals surface area contributed by atoms with Crippen molar-refractivity contribution in [2.24, 2.45) is 11.7 Å². The number of esters is 1. The maximum absolute atomic E-state index is 12.2. The van der Waals surface area contributed by atoms with E-state index >= 15 is 0 Å². The van der Waals surface area contributed by atoms with Crippen LogP contribution in [0.4, 0.5) is 5.13 Å². The normalized spacial score (nSPS) is 21.3. The predicted molar refractivity (Wildman–Crippen MR) is 90.7 cm³/mol. The molecule has 1 aromatic rings. The minimum Gasteiger partial charge on any atom is -0.465 e. The fourth-order valence-corrected chi connectivity index (χ4v) is 3.95. The van der Waals surface area contributed by atoms with E-state index in [1.54, 1.807) is 0 Å². The van der Waals surface area contributed by atoms with Crippen molar-refractivity contribution in [3.63, 3.8) is 0 Å². The van der Waals surface area contributed by atoms with Gasteiger partial charge in [0.2, 0.25) is 5.91 Å². The quantitative estimate of drug-likeness (QED) is 0.823. The third kappa shape index (κ3) is 4.29. The lowest BCUT2D eigenvalue weighted by Crippen LogP contribution is -2.28. The van der Waals surface area contributed by atoms with Crippen LogP contribution in [0.25, 0.3) is 0 Å². The van der Waals surface area contributed by atoms with Gasteiger partial charge < -0.3 is 15.8 Å². The number of nitrogens with zero attached hydrogens (tertiary/aromatic N) is 1. The second-order valence-corrected chi connectivity index (χ2v) is 8.04. The molecule has 0 unspecified atom stereocenters. The molecule has 23 heavy (non-hydrogen) atoms. The van der Waals surface area contributed by atoms with Gasteiger partial charge in [-0.3, -0.25) is 4.79 Å². The summed E-state index contributed by atoms with van der Waals surface area (Å²) in [5, 5.41) is 3.24. The van der Waals surface area contributed by atoms with Gasteiger partial charge in [-0.15, -0.1) is 0 Å². The molecule has 1 fully saturated rings. The molecule has 0 aliphatic heterocycles. The first-order valence-corrected chi connectivity index (χ1v) is 8.69. The Morgan fingerprint density at radius 2 is 2.09 bits per heavy atom. The lowest BCUT2D eigenvalue weighted by molar-refractivity contribution is -0.117. The van der Waals surface area contributed by atoms with Crippen LogP contribution in [-0.2, 0) is 14.9 Å². The van der Waals surface area contributed by atoms with Crippen LogP contribution in [0.5, 0.6) is 0 Å². The van der Waals surface area contributed by atoms with Crippen molar-refractivity contribution in [3.05, 3.63) is 10.6 Å². The van der Waals surface area contributed by atoms with Gasteiger partial charge in [0.05, 0.1) is 12.8 Å². The highest BCUT2D eigenvalue weighted by Gasteiger charge is 2.29. The zero-order valence-electron chi connectivity index (χ0n) is 14.1. The molecule has 6 nitrogen and oxygen atoms in total. The molecule has 0 bridgehead atoms. The Labute approximate surface area is 140 Å². The van der Waals surface area contributed by atoms with Crippen LogP contribution in [0.3, 0.4) is 0 Å². The minimum absolute atomic E-state index is 0.0991. The van der Waals surface area contributed by atoms with E-state index < -0.39 is 5.97 Å². The number of carbonyl (C=O) groups excluding carboxylic acids is 2. The zero-order valence-corrected chi connectivity index (χ0v) is 15.0. The number of amides is 1. The van der Waals surface area contributed by atoms with Crippen LogP contribution in [0.2, 0.25) is 0 Å². The third-order valence-corrected chi connectivity index (χ3v) is 5.07. The highest BCUT2D eigenvalue weighted by molar-refractivity contribution is 7.17. The van der Waals surface area contributed by atoms with Crippen LogP contribution >= 0.6 is 11.3 Å². The first kappa shape index (κ1) is 17.9. The molecule has 1 aliphatic rings. The zero-order chi connectivity index (χ0) is 17.2. The molecule has 0 radical (unpaired) electrons. The molecule has 3 N–H and O–H groups in total. The number of rotatable bonds is 4. The predicted octanol–water partition coefficient (Wildman–Crippen LogP) is 2.68. The summed E-state index contributed by atoms with van der Waals surface area (Å²) >= 11 is 1.16. The Bertz CT molecular complexity index is 592. The van der Waals surface area contributed by atoms with Gasteiger partial charge in [-0.2, -0.15) is 0 Å². The lowest BCUT2D eigenvalue weighted by atomic mass is 9.91. The highest BCUT2D eigenvalue weighted by atomic mass is 32.1. The first-order chi connectivity index (χ1) is 10.7. The van der Waals surface area contributed by atoms with Gasteiger partial charge in [-0.05, 0) is 18.8 Å². The van der Waals surface area contributed by atoms with Crippen molar-refractivity contribution >= 4 is 28.3 Å². The number of hydrogen-bond donors (Lipinski definition) is 2. The number of anilines is 1. The number of hydrogen-bond acceptors (Lipinski definition) is 6. The van der Waals surface area contributed by atoms with Crippen LogP contribution in [0.1, 0.15) is 61.8 Å². The smallest absolute Gasteiger partial charge is 0.350 e. The van der Waals surface area contributed by atoms with Gasteiger partial charge in [0.1, 0.15) is 4.88 Å². The SMILES string of the molecule is COC(=O)c1sc(NC(=O)C[C@@H]2CCC[C@H]2N)nc1C(C)(C)C. The number of nitrogens with one attached hydrogen (secondary N) is 1. The standard InChI is InChI=1S/C16H25N3O3S/c1-16(2,3)13-12(14(21)22-4)23-15(19-13)18-11(20)8-9-6-5-7-10(9)17/h9-10H,5-8,17H2,1-4H3,(H,18,19,20)/t9-,10+/m0/s1. The second-order valence-electron chi connectivity index (χ2n) is 7.05. The van der Waals surface area contributed by atoms with E-state index in [9.17, 15) is 9.59 Å². The van der Waals surface area contributed by atoms with Crippen LogP contribution in [0, 0.1) is 5.92 Å². The number of aromatic nitrogens is 1. The molecule has 2 atom stereocenters. The fourth-order valence-electron chi connectivity index (χ4n) is 2.84. The number of methoxy groups -OCH3 is 1. The van der Waals surface area contributed by atoms with Crippen molar-refractivity contribution in [3.8, 4) is 0 Å². The van der Waals surface area contributed by atoms with Crippen molar-refractivity contribution in [1.82, 2.24) is 4.98 Å². The topological polar surface area (TPSA) is 94.3 Å². The van der Waals surface area contributed by atoms with E-state index in [4.69, 9.17) is 10.5 Å². The first-order valence-electron chi connectivity index (χ1n) is 7.87. The molecular weight excluding hydrogens is 314 g/mol. The number of nitrogens with two attached hydrogens (primary N) is 1. The molecule has 0 saturated heterocycles. The van der Waals surface area contributed by atoms with E-state index in [1.807, 2.05) is 20.8 Å². The average Bonchev–Trinajstić information content (AvgIpc) is 3.05. The lowest BCUT2D eigenvalue weighted by Gasteiger charge is -2.16. The Balaban J connectivity index is 2.12. The van der Waals surface area contributed by atoms with Crippen molar-refractivity contribution in [2.45, 2.75) is 57.9 Å². The molecule has 1 aromatic heterocycles. The Morgan fingerprint density at radius 3 is 2.61 bits per heavy atom. The average molecular weight is 339 g/mol. The molecule has 2 rings (SSSR count). The molecule has 0 aromatic carbocycles. The van der Waals surface area contributed by atoms with Gasteiger partial charge in [0.15, 0.2) is 5.13 Å². The van der Waals surface area contributed by atoms with Gasteiger partial charge in [-0.1, -0.05) is 38.5 Å². The van der Waals surface area contributed by atoms with E-state index in [2.05, 4.69) is 10.3 Å². The largest absolute Gasteiger partial charge is 0.465 e. The molecule has 1 amide bonds. The van der Waals surface area contributed by atoms with Crippen molar-refractivity contribution in [2.75, 3.05) is 12.4 Å². The molecule has 7 heteroatoms. The molecule has 128 valence electrons. The van der Waals surface area contributed by atoms with Crippen molar-refractivity contribution < 1.29 is 14.3 Å². The summed E-state index contributed by atoms with van der Waals surface area (Å²) in [7, 11) is 1.34. The van der Waals surface area contributed by atoms with Gasteiger partial charge >= 0.3 is 5.97 Å². The van der Waals surface area contributed by atoms with Gasteiger partial charge in [0.25, 0.3) is 0 Å². The summed E-state index contributed by atoms with van der Waals surface area (Å²) in [6, 6.07) is 0.104. The van der Waals surface area contributed by atoms with Crippen molar-refractivity contribution in [1.29, 1.82) is 0 Å². The van der Waals surface area contributed by atoms with E-state index in [0.717, 1.165) is 30.6 Å². The summed E-state index contributed by atoms with van der Waals surface area (Å²) in [5.41, 5.74) is 6.34. The summed E-state index contributed by atoms with van der Waals surface area (Å²) in [6.07, 6.45) is 3.46. The van der Waals surface area contributed by atoms with Crippen LogP contribution in [-0.4, -0.2) is 30.0 Å². The Morgan fingerprint density at radius 1 is 1.39 bits per heavy atom.